The van der Waals surface area contributed by atoms with Crippen LogP contribution in [0.2, 0.25) is 0 Å². The summed E-state index contributed by atoms with van der Waals surface area (Å²) in [4.78, 5) is 3.28. The molecule has 1 aliphatic carbocycles. The van der Waals surface area contributed by atoms with Crippen LogP contribution in [0.1, 0.15) is 45.1 Å². The summed E-state index contributed by atoms with van der Waals surface area (Å²) in [6, 6.07) is 9.37. The highest BCUT2D eigenvalue weighted by Gasteiger charge is 2.27. The largest absolute Gasteiger partial charge is 0.361 e. The minimum absolute atomic E-state index is 0.510. The SMILES string of the molecule is CC1(C)CCCC(NCc2cccc3[nH]ccc23)C1. The molecule has 0 amide bonds. The zero-order valence-corrected chi connectivity index (χ0v) is 12.0. The number of aromatic nitrogens is 1. The first-order chi connectivity index (χ1) is 9.14. The van der Waals surface area contributed by atoms with Gasteiger partial charge in [0, 0.05) is 29.7 Å². The Labute approximate surface area is 115 Å². The Balaban J connectivity index is 1.67. The molecule has 1 aliphatic rings. The normalized spacial score (nSPS) is 22.7. The van der Waals surface area contributed by atoms with E-state index in [1.807, 2.05) is 6.20 Å². The average molecular weight is 256 g/mol. The Morgan fingerprint density at radius 1 is 1.32 bits per heavy atom. The van der Waals surface area contributed by atoms with Crippen molar-refractivity contribution in [3.63, 3.8) is 0 Å². The molecule has 1 unspecified atom stereocenters. The van der Waals surface area contributed by atoms with Gasteiger partial charge in [0.05, 0.1) is 0 Å². The molecule has 1 fully saturated rings. The van der Waals surface area contributed by atoms with Crippen molar-refractivity contribution in [1.29, 1.82) is 0 Å². The van der Waals surface area contributed by atoms with Gasteiger partial charge < -0.3 is 10.3 Å². The van der Waals surface area contributed by atoms with Gasteiger partial charge in [-0.3, -0.25) is 0 Å². The van der Waals surface area contributed by atoms with Gasteiger partial charge in [0.15, 0.2) is 0 Å². The van der Waals surface area contributed by atoms with Crippen LogP contribution in [-0.2, 0) is 6.54 Å². The summed E-state index contributed by atoms with van der Waals surface area (Å²) in [5, 5.41) is 5.11. The molecule has 0 bridgehead atoms. The highest BCUT2D eigenvalue weighted by molar-refractivity contribution is 5.82. The lowest BCUT2D eigenvalue weighted by atomic mass is 9.75. The molecule has 1 atom stereocenters. The first kappa shape index (κ1) is 12.7. The van der Waals surface area contributed by atoms with Crippen LogP contribution in [0.4, 0.5) is 0 Å². The minimum atomic E-state index is 0.510. The predicted molar refractivity (Wildman–Crippen MR) is 81.2 cm³/mol. The first-order valence-electron chi connectivity index (χ1n) is 7.42. The van der Waals surface area contributed by atoms with Gasteiger partial charge in [-0.2, -0.15) is 0 Å². The molecule has 1 heterocycles. The van der Waals surface area contributed by atoms with Crippen LogP contribution in [0.5, 0.6) is 0 Å². The maximum atomic E-state index is 3.76. The molecule has 1 saturated carbocycles. The number of H-pyrrole nitrogens is 1. The maximum absolute atomic E-state index is 3.76. The second-order valence-electron chi connectivity index (χ2n) is 6.69. The van der Waals surface area contributed by atoms with E-state index in [4.69, 9.17) is 0 Å². The Kier molecular flexibility index (Phi) is 3.36. The van der Waals surface area contributed by atoms with Crippen molar-refractivity contribution < 1.29 is 0 Å². The molecular weight excluding hydrogens is 232 g/mol. The van der Waals surface area contributed by atoms with E-state index in [2.05, 4.69) is 48.4 Å². The van der Waals surface area contributed by atoms with Crippen molar-refractivity contribution in [2.45, 2.75) is 52.1 Å². The highest BCUT2D eigenvalue weighted by atomic mass is 14.9. The highest BCUT2D eigenvalue weighted by Crippen LogP contribution is 2.35. The van der Waals surface area contributed by atoms with E-state index in [-0.39, 0.29) is 0 Å². The maximum Gasteiger partial charge on any atom is 0.0457 e. The molecule has 0 radical (unpaired) electrons. The molecule has 102 valence electrons. The fourth-order valence-electron chi connectivity index (χ4n) is 3.43. The predicted octanol–water partition coefficient (Wildman–Crippen LogP) is 4.23. The summed E-state index contributed by atoms with van der Waals surface area (Å²) in [5.41, 5.74) is 3.15. The van der Waals surface area contributed by atoms with E-state index in [1.54, 1.807) is 0 Å². The van der Waals surface area contributed by atoms with Gasteiger partial charge >= 0.3 is 0 Å². The van der Waals surface area contributed by atoms with Crippen LogP contribution in [0.25, 0.3) is 10.9 Å². The number of aromatic amines is 1. The van der Waals surface area contributed by atoms with Gasteiger partial charge in [0.25, 0.3) is 0 Å². The summed E-state index contributed by atoms with van der Waals surface area (Å²) in [6.07, 6.45) is 7.39. The van der Waals surface area contributed by atoms with Crippen molar-refractivity contribution in [2.75, 3.05) is 0 Å². The molecule has 0 aliphatic heterocycles. The summed E-state index contributed by atoms with van der Waals surface area (Å²) in [6.45, 7) is 5.78. The molecule has 2 aromatic rings. The van der Waals surface area contributed by atoms with E-state index < -0.39 is 0 Å². The first-order valence-corrected chi connectivity index (χ1v) is 7.42. The molecule has 0 saturated heterocycles. The molecule has 0 spiro atoms. The lowest BCUT2D eigenvalue weighted by Gasteiger charge is -2.35. The van der Waals surface area contributed by atoms with Crippen LogP contribution < -0.4 is 5.32 Å². The molecule has 2 N–H and O–H groups in total. The Bertz CT molecular complexity index is 553. The number of hydrogen-bond acceptors (Lipinski definition) is 1. The van der Waals surface area contributed by atoms with Crippen LogP contribution in [-0.4, -0.2) is 11.0 Å². The molecule has 19 heavy (non-hydrogen) atoms. The molecule has 2 heteroatoms. The quantitative estimate of drug-likeness (QED) is 0.845. The molecular formula is C17H24N2. The fraction of sp³-hybridized carbons (Fsp3) is 0.529. The van der Waals surface area contributed by atoms with E-state index in [1.165, 1.54) is 42.1 Å². The van der Waals surface area contributed by atoms with Crippen molar-refractivity contribution in [3.8, 4) is 0 Å². The van der Waals surface area contributed by atoms with Gasteiger partial charge in [-0.25, -0.2) is 0 Å². The van der Waals surface area contributed by atoms with Gasteiger partial charge in [0.1, 0.15) is 0 Å². The lowest BCUT2D eigenvalue weighted by molar-refractivity contribution is 0.198. The van der Waals surface area contributed by atoms with Crippen LogP contribution >= 0.6 is 0 Å². The topological polar surface area (TPSA) is 27.8 Å². The second-order valence-corrected chi connectivity index (χ2v) is 6.69. The summed E-state index contributed by atoms with van der Waals surface area (Å²) in [5.74, 6) is 0. The zero-order chi connectivity index (χ0) is 13.3. The smallest absolute Gasteiger partial charge is 0.0457 e. The van der Waals surface area contributed by atoms with Gasteiger partial charge in [-0.05, 0) is 42.4 Å². The lowest BCUT2D eigenvalue weighted by Crippen LogP contribution is -2.36. The van der Waals surface area contributed by atoms with E-state index in [0.717, 1.165) is 6.54 Å². The second kappa shape index (κ2) is 5.01. The standard InChI is InChI=1S/C17H24N2/c1-17(2)9-4-6-14(11-17)19-12-13-5-3-7-16-15(13)8-10-18-16/h3,5,7-8,10,14,18-19H,4,6,9,11-12H2,1-2H3. The van der Waals surface area contributed by atoms with E-state index in [0.29, 0.717) is 11.5 Å². The molecule has 1 aromatic carbocycles. The number of benzene rings is 1. The van der Waals surface area contributed by atoms with E-state index >= 15 is 0 Å². The molecule has 1 aromatic heterocycles. The Morgan fingerprint density at radius 2 is 2.21 bits per heavy atom. The van der Waals surface area contributed by atoms with Gasteiger partial charge in [-0.1, -0.05) is 32.4 Å². The van der Waals surface area contributed by atoms with Crippen molar-refractivity contribution >= 4 is 10.9 Å². The fourth-order valence-corrected chi connectivity index (χ4v) is 3.43. The van der Waals surface area contributed by atoms with Crippen LogP contribution in [0.15, 0.2) is 30.5 Å². The number of fused-ring (bicyclic) bond motifs is 1. The van der Waals surface area contributed by atoms with E-state index in [9.17, 15) is 0 Å². The Hall–Kier alpha value is -1.28. The molecule has 3 rings (SSSR count). The average Bonchev–Trinajstić information content (AvgIpc) is 2.84. The number of rotatable bonds is 3. The van der Waals surface area contributed by atoms with Crippen LogP contribution in [0.3, 0.4) is 0 Å². The van der Waals surface area contributed by atoms with Crippen LogP contribution in [0, 0.1) is 5.41 Å². The van der Waals surface area contributed by atoms with Crippen molar-refractivity contribution in [1.82, 2.24) is 10.3 Å². The molecule has 2 nitrogen and oxygen atoms in total. The third-order valence-electron chi connectivity index (χ3n) is 4.47. The summed E-state index contributed by atoms with van der Waals surface area (Å²) in [7, 11) is 0. The minimum Gasteiger partial charge on any atom is -0.361 e. The van der Waals surface area contributed by atoms with Gasteiger partial charge in [-0.15, -0.1) is 0 Å². The van der Waals surface area contributed by atoms with Gasteiger partial charge in [0.2, 0.25) is 0 Å². The van der Waals surface area contributed by atoms with Crippen molar-refractivity contribution in [3.05, 3.63) is 36.0 Å². The summed E-state index contributed by atoms with van der Waals surface area (Å²) >= 11 is 0. The number of nitrogens with one attached hydrogen (secondary N) is 2. The van der Waals surface area contributed by atoms with Crippen molar-refractivity contribution in [2.24, 2.45) is 5.41 Å². The zero-order valence-electron chi connectivity index (χ0n) is 12.0. The monoisotopic (exact) mass is 256 g/mol. The number of hydrogen-bond donors (Lipinski definition) is 2. The Morgan fingerprint density at radius 3 is 3.05 bits per heavy atom. The summed E-state index contributed by atoms with van der Waals surface area (Å²) < 4.78 is 0. The third-order valence-corrected chi connectivity index (χ3v) is 4.47. The third kappa shape index (κ3) is 2.84.